The van der Waals surface area contributed by atoms with Gasteiger partial charge in [0.15, 0.2) is 0 Å². The van der Waals surface area contributed by atoms with Gasteiger partial charge in [0.25, 0.3) is 0 Å². The number of hydrogen-bond acceptors (Lipinski definition) is 2. The molecule has 0 saturated heterocycles. The minimum Gasteiger partial charge on any atom is -0.396 e. The lowest BCUT2D eigenvalue weighted by Crippen LogP contribution is -2.15. The third-order valence-corrected chi connectivity index (χ3v) is 2.83. The van der Waals surface area contributed by atoms with Crippen molar-refractivity contribution in [2.24, 2.45) is 0 Å². The van der Waals surface area contributed by atoms with Gasteiger partial charge in [0.1, 0.15) is 5.82 Å². The summed E-state index contributed by atoms with van der Waals surface area (Å²) in [4.78, 5) is 0. The van der Waals surface area contributed by atoms with Crippen LogP contribution in [0.2, 0.25) is 0 Å². The highest BCUT2D eigenvalue weighted by Gasteiger charge is 2.01. The Morgan fingerprint density at radius 3 is 2.81 bits per heavy atom. The second-order valence-corrected chi connectivity index (χ2v) is 4.61. The van der Waals surface area contributed by atoms with E-state index in [1.807, 2.05) is 0 Å². The average Bonchev–Trinajstić information content (AvgIpc) is 2.28. The van der Waals surface area contributed by atoms with Crippen LogP contribution < -0.4 is 5.32 Å². The van der Waals surface area contributed by atoms with Gasteiger partial charge in [-0.3, -0.25) is 0 Å². The summed E-state index contributed by atoms with van der Waals surface area (Å²) in [6, 6.07) is 4.95. The van der Waals surface area contributed by atoms with Crippen LogP contribution in [0.15, 0.2) is 22.7 Å². The highest BCUT2D eigenvalue weighted by atomic mass is 79.9. The van der Waals surface area contributed by atoms with E-state index in [1.165, 1.54) is 6.07 Å². The number of benzene rings is 1. The lowest BCUT2D eigenvalue weighted by molar-refractivity contribution is 0.283. The second kappa shape index (κ2) is 7.76. The molecular formula is C12H17BrFNO. The van der Waals surface area contributed by atoms with Gasteiger partial charge in [-0.25, -0.2) is 4.39 Å². The van der Waals surface area contributed by atoms with Crippen molar-refractivity contribution in [2.75, 3.05) is 13.2 Å². The van der Waals surface area contributed by atoms with Crippen molar-refractivity contribution in [3.05, 3.63) is 34.1 Å². The van der Waals surface area contributed by atoms with E-state index in [0.717, 1.165) is 30.3 Å². The number of hydrogen-bond donors (Lipinski definition) is 2. The molecule has 2 N–H and O–H groups in total. The molecule has 0 aromatic heterocycles. The maximum absolute atomic E-state index is 13.3. The fourth-order valence-corrected chi connectivity index (χ4v) is 1.85. The van der Waals surface area contributed by atoms with Gasteiger partial charge in [0.2, 0.25) is 0 Å². The molecule has 0 saturated carbocycles. The highest BCUT2D eigenvalue weighted by Crippen LogP contribution is 2.15. The van der Waals surface area contributed by atoms with Crippen molar-refractivity contribution >= 4 is 15.9 Å². The summed E-state index contributed by atoms with van der Waals surface area (Å²) in [7, 11) is 0. The maximum atomic E-state index is 13.3. The van der Waals surface area contributed by atoms with E-state index in [2.05, 4.69) is 21.2 Å². The average molecular weight is 290 g/mol. The molecule has 0 heterocycles. The summed E-state index contributed by atoms with van der Waals surface area (Å²) in [6.07, 6.45) is 2.85. The van der Waals surface area contributed by atoms with Crippen LogP contribution in [0, 0.1) is 5.82 Å². The van der Waals surface area contributed by atoms with Gasteiger partial charge in [-0.1, -0.05) is 15.9 Å². The van der Waals surface area contributed by atoms with Crippen molar-refractivity contribution in [3.8, 4) is 0 Å². The molecule has 0 bridgehead atoms. The minimum absolute atomic E-state index is 0.175. The quantitative estimate of drug-likeness (QED) is 0.757. The van der Waals surface area contributed by atoms with Crippen LogP contribution in [-0.2, 0) is 6.54 Å². The normalized spacial score (nSPS) is 10.7. The van der Waals surface area contributed by atoms with Crippen LogP contribution in [-0.4, -0.2) is 18.3 Å². The third kappa shape index (κ3) is 5.05. The topological polar surface area (TPSA) is 32.3 Å². The number of unbranched alkanes of at least 4 members (excludes halogenated alkanes) is 2. The zero-order valence-corrected chi connectivity index (χ0v) is 10.8. The van der Waals surface area contributed by atoms with Crippen molar-refractivity contribution < 1.29 is 9.50 Å². The molecule has 2 nitrogen and oxygen atoms in total. The first-order valence-corrected chi connectivity index (χ1v) is 6.29. The Morgan fingerprint density at radius 1 is 1.25 bits per heavy atom. The molecule has 0 amide bonds. The Balaban J connectivity index is 2.23. The molecule has 1 rings (SSSR count). The smallest absolute Gasteiger partial charge is 0.127 e. The third-order valence-electron chi connectivity index (χ3n) is 2.33. The van der Waals surface area contributed by atoms with Crippen molar-refractivity contribution in [3.63, 3.8) is 0 Å². The molecule has 0 aliphatic rings. The Kier molecular flexibility index (Phi) is 6.61. The predicted molar refractivity (Wildman–Crippen MR) is 66.7 cm³/mol. The molecular weight excluding hydrogens is 273 g/mol. The van der Waals surface area contributed by atoms with E-state index in [1.54, 1.807) is 12.1 Å². The highest BCUT2D eigenvalue weighted by molar-refractivity contribution is 9.10. The standard InChI is InChI=1S/C12H17BrFNO/c13-11-4-5-12(14)10(8-11)9-15-6-2-1-3-7-16/h4-5,8,15-16H,1-3,6-7,9H2. The maximum Gasteiger partial charge on any atom is 0.127 e. The van der Waals surface area contributed by atoms with Crippen LogP contribution in [0.1, 0.15) is 24.8 Å². The van der Waals surface area contributed by atoms with E-state index >= 15 is 0 Å². The van der Waals surface area contributed by atoms with Gasteiger partial charge in [0.05, 0.1) is 0 Å². The zero-order chi connectivity index (χ0) is 11.8. The first kappa shape index (κ1) is 13.6. The molecule has 0 radical (unpaired) electrons. The Labute approximate surface area is 104 Å². The number of aliphatic hydroxyl groups is 1. The van der Waals surface area contributed by atoms with E-state index in [9.17, 15) is 4.39 Å². The van der Waals surface area contributed by atoms with Gasteiger partial charge in [-0.2, -0.15) is 0 Å². The van der Waals surface area contributed by atoms with E-state index in [0.29, 0.717) is 12.1 Å². The van der Waals surface area contributed by atoms with Crippen LogP contribution in [0.5, 0.6) is 0 Å². The van der Waals surface area contributed by atoms with Crippen LogP contribution in [0.3, 0.4) is 0 Å². The Morgan fingerprint density at radius 2 is 2.06 bits per heavy atom. The summed E-state index contributed by atoms with van der Waals surface area (Å²) in [5.41, 5.74) is 0.677. The molecule has 0 atom stereocenters. The Hall–Kier alpha value is -0.450. The SMILES string of the molecule is OCCCCCNCc1cc(Br)ccc1F. The van der Waals surface area contributed by atoms with E-state index < -0.39 is 0 Å². The van der Waals surface area contributed by atoms with E-state index in [-0.39, 0.29) is 12.4 Å². The molecule has 0 aliphatic carbocycles. The van der Waals surface area contributed by atoms with Gasteiger partial charge in [-0.15, -0.1) is 0 Å². The zero-order valence-electron chi connectivity index (χ0n) is 9.18. The molecule has 0 spiro atoms. The van der Waals surface area contributed by atoms with Crippen molar-refractivity contribution in [2.45, 2.75) is 25.8 Å². The molecule has 90 valence electrons. The Bertz CT molecular complexity index is 320. The first-order chi connectivity index (χ1) is 7.74. The fraction of sp³-hybridized carbons (Fsp3) is 0.500. The summed E-state index contributed by atoms with van der Waals surface area (Å²) >= 11 is 3.32. The van der Waals surface area contributed by atoms with E-state index in [4.69, 9.17) is 5.11 Å². The number of nitrogens with one attached hydrogen (secondary N) is 1. The van der Waals surface area contributed by atoms with Gasteiger partial charge in [0, 0.05) is 23.2 Å². The lowest BCUT2D eigenvalue weighted by Gasteiger charge is -2.06. The monoisotopic (exact) mass is 289 g/mol. The summed E-state index contributed by atoms with van der Waals surface area (Å²) in [6.45, 7) is 1.65. The molecule has 16 heavy (non-hydrogen) atoms. The molecule has 1 aromatic carbocycles. The second-order valence-electron chi connectivity index (χ2n) is 3.70. The van der Waals surface area contributed by atoms with Crippen molar-refractivity contribution in [1.82, 2.24) is 5.32 Å². The fourth-order valence-electron chi connectivity index (χ4n) is 1.44. The lowest BCUT2D eigenvalue weighted by atomic mass is 10.2. The summed E-state index contributed by atoms with van der Waals surface area (Å²) < 4.78 is 14.2. The first-order valence-electron chi connectivity index (χ1n) is 5.49. The molecule has 0 fully saturated rings. The number of halogens is 2. The predicted octanol–water partition coefficient (Wildman–Crippen LogP) is 2.84. The van der Waals surface area contributed by atoms with Crippen LogP contribution >= 0.6 is 15.9 Å². The minimum atomic E-state index is -0.175. The molecule has 0 aliphatic heterocycles. The largest absolute Gasteiger partial charge is 0.396 e. The molecule has 4 heteroatoms. The number of aliphatic hydroxyl groups excluding tert-OH is 1. The molecule has 1 aromatic rings. The van der Waals surface area contributed by atoms with Crippen molar-refractivity contribution in [1.29, 1.82) is 0 Å². The van der Waals surface area contributed by atoms with Gasteiger partial charge < -0.3 is 10.4 Å². The van der Waals surface area contributed by atoms with Crippen LogP contribution in [0.4, 0.5) is 4.39 Å². The summed E-state index contributed by atoms with van der Waals surface area (Å²) in [5.74, 6) is -0.175. The molecule has 0 unspecified atom stereocenters. The van der Waals surface area contributed by atoms with Gasteiger partial charge in [-0.05, 0) is 44.0 Å². The summed E-state index contributed by atoms with van der Waals surface area (Å²) in [5, 5.41) is 11.8. The number of rotatable bonds is 7. The van der Waals surface area contributed by atoms with Crippen LogP contribution in [0.25, 0.3) is 0 Å². The van der Waals surface area contributed by atoms with Gasteiger partial charge >= 0.3 is 0 Å².